The van der Waals surface area contributed by atoms with Crippen LogP contribution >= 0.6 is 0 Å². The zero-order valence-electron chi connectivity index (χ0n) is 9.95. The van der Waals surface area contributed by atoms with Crippen LogP contribution in [0.15, 0.2) is 0 Å². The molecule has 0 spiro atoms. The molecular formula is C12H24O2. The monoisotopic (exact) mass is 200 g/mol. The van der Waals surface area contributed by atoms with Crippen molar-refractivity contribution in [1.82, 2.24) is 0 Å². The van der Waals surface area contributed by atoms with E-state index in [9.17, 15) is 0 Å². The largest absolute Gasteiger partial charge is 0.352 e. The molecule has 0 amide bonds. The van der Waals surface area contributed by atoms with Crippen LogP contribution in [0.2, 0.25) is 0 Å². The minimum atomic E-state index is 0.0541. The molecule has 1 fully saturated rings. The van der Waals surface area contributed by atoms with E-state index in [2.05, 4.69) is 27.7 Å². The maximum Gasteiger partial charge on any atom is 0.157 e. The molecule has 0 bridgehead atoms. The van der Waals surface area contributed by atoms with Crippen LogP contribution in [-0.4, -0.2) is 19.5 Å². The first-order valence-electron chi connectivity index (χ1n) is 5.81. The van der Waals surface area contributed by atoms with Gasteiger partial charge in [-0.3, -0.25) is 0 Å². The van der Waals surface area contributed by atoms with Gasteiger partial charge in [0.1, 0.15) is 0 Å². The molecule has 14 heavy (non-hydrogen) atoms. The average Bonchev–Trinajstić information content (AvgIpc) is 2.06. The number of rotatable bonds is 4. The van der Waals surface area contributed by atoms with Gasteiger partial charge >= 0.3 is 0 Å². The van der Waals surface area contributed by atoms with Gasteiger partial charge in [0.2, 0.25) is 0 Å². The highest BCUT2D eigenvalue weighted by Crippen LogP contribution is 2.21. The first-order valence-corrected chi connectivity index (χ1v) is 5.81. The fourth-order valence-corrected chi connectivity index (χ4v) is 1.91. The second-order valence-electron chi connectivity index (χ2n) is 5.22. The Morgan fingerprint density at radius 1 is 0.929 bits per heavy atom. The van der Waals surface area contributed by atoms with Crippen molar-refractivity contribution in [3.05, 3.63) is 0 Å². The van der Waals surface area contributed by atoms with Crippen molar-refractivity contribution in [2.75, 3.05) is 13.2 Å². The summed E-state index contributed by atoms with van der Waals surface area (Å²) < 4.78 is 11.4. The van der Waals surface area contributed by atoms with Crippen molar-refractivity contribution in [2.45, 2.75) is 46.8 Å². The Bertz CT molecular complexity index is 128. The Morgan fingerprint density at radius 3 is 1.86 bits per heavy atom. The minimum Gasteiger partial charge on any atom is -0.352 e. The lowest BCUT2D eigenvalue weighted by atomic mass is 9.98. The number of hydrogen-bond donors (Lipinski definition) is 0. The lowest BCUT2D eigenvalue weighted by Crippen LogP contribution is -2.33. The molecule has 84 valence electrons. The quantitative estimate of drug-likeness (QED) is 0.694. The molecule has 0 aliphatic carbocycles. The highest BCUT2D eigenvalue weighted by Gasteiger charge is 2.23. The fourth-order valence-electron chi connectivity index (χ4n) is 1.91. The zero-order chi connectivity index (χ0) is 10.6. The molecule has 0 aromatic carbocycles. The van der Waals surface area contributed by atoms with E-state index in [1.54, 1.807) is 0 Å². The van der Waals surface area contributed by atoms with Gasteiger partial charge in [0.15, 0.2) is 6.29 Å². The van der Waals surface area contributed by atoms with Gasteiger partial charge in [-0.1, -0.05) is 27.7 Å². The molecule has 2 heteroatoms. The molecule has 0 aromatic rings. The van der Waals surface area contributed by atoms with Crippen LogP contribution in [0.4, 0.5) is 0 Å². The van der Waals surface area contributed by atoms with Crippen molar-refractivity contribution < 1.29 is 9.47 Å². The fraction of sp³-hybridized carbons (Fsp3) is 1.00. The molecule has 0 aromatic heterocycles. The third kappa shape index (κ3) is 4.43. The van der Waals surface area contributed by atoms with Gasteiger partial charge < -0.3 is 9.47 Å². The molecular weight excluding hydrogens is 176 g/mol. The molecule has 0 radical (unpaired) electrons. The average molecular weight is 200 g/mol. The minimum absolute atomic E-state index is 0.0541. The zero-order valence-corrected chi connectivity index (χ0v) is 9.95. The maximum atomic E-state index is 5.68. The van der Waals surface area contributed by atoms with Crippen LogP contribution in [0.25, 0.3) is 0 Å². The van der Waals surface area contributed by atoms with Crippen molar-refractivity contribution in [3.8, 4) is 0 Å². The SMILES string of the molecule is CC(C)CC1COC(CC(C)C)OC1. The summed E-state index contributed by atoms with van der Waals surface area (Å²) in [5.74, 6) is 2.01. The van der Waals surface area contributed by atoms with Gasteiger partial charge in [0, 0.05) is 12.3 Å². The molecule has 1 aliphatic heterocycles. The standard InChI is InChI=1S/C12H24O2/c1-9(2)5-11-7-13-12(14-8-11)6-10(3)4/h9-12H,5-8H2,1-4H3. The van der Waals surface area contributed by atoms with E-state index in [1.165, 1.54) is 6.42 Å². The molecule has 2 nitrogen and oxygen atoms in total. The third-order valence-electron chi connectivity index (χ3n) is 2.50. The summed E-state index contributed by atoms with van der Waals surface area (Å²) in [5.41, 5.74) is 0. The summed E-state index contributed by atoms with van der Waals surface area (Å²) in [6, 6.07) is 0. The van der Waals surface area contributed by atoms with Gasteiger partial charge in [0.25, 0.3) is 0 Å². The highest BCUT2D eigenvalue weighted by atomic mass is 16.7. The third-order valence-corrected chi connectivity index (χ3v) is 2.50. The Kier molecular flexibility index (Phi) is 4.90. The van der Waals surface area contributed by atoms with Gasteiger partial charge in [-0.2, -0.15) is 0 Å². The van der Waals surface area contributed by atoms with Crippen molar-refractivity contribution in [2.24, 2.45) is 17.8 Å². The normalized spacial score (nSPS) is 28.7. The van der Waals surface area contributed by atoms with E-state index in [0.29, 0.717) is 11.8 Å². The van der Waals surface area contributed by atoms with Crippen molar-refractivity contribution >= 4 is 0 Å². The summed E-state index contributed by atoms with van der Waals surface area (Å²) in [4.78, 5) is 0. The van der Waals surface area contributed by atoms with Gasteiger partial charge in [-0.15, -0.1) is 0 Å². The van der Waals surface area contributed by atoms with E-state index in [-0.39, 0.29) is 6.29 Å². The van der Waals surface area contributed by atoms with Crippen molar-refractivity contribution in [3.63, 3.8) is 0 Å². The summed E-state index contributed by atoms with van der Waals surface area (Å²) in [5, 5.41) is 0. The van der Waals surface area contributed by atoms with E-state index < -0.39 is 0 Å². The summed E-state index contributed by atoms with van der Waals surface area (Å²) in [6.07, 6.45) is 2.29. The first kappa shape index (κ1) is 12.0. The molecule has 1 rings (SSSR count). The summed E-state index contributed by atoms with van der Waals surface area (Å²) in [7, 11) is 0. The Labute approximate surface area is 88.0 Å². The van der Waals surface area contributed by atoms with Crippen LogP contribution in [-0.2, 0) is 9.47 Å². The van der Waals surface area contributed by atoms with E-state index >= 15 is 0 Å². The number of hydrogen-bond acceptors (Lipinski definition) is 2. The van der Waals surface area contributed by atoms with E-state index in [4.69, 9.17) is 9.47 Å². The second-order valence-corrected chi connectivity index (χ2v) is 5.22. The molecule has 0 unspecified atom stereocenters. The summed E-state index contributed by atoms with van der Waals surface area (Å²) >= 11 is 0. The molecule has 1 saturated heterocycles. The van der Waals surface area contributed by atoms with Crippen LogP contribution in [0, 0.1) is 17.8 Å². The van der Waals surface area contributed by atoms with Crippen molar-refractivity contribution in [1.29, 1.82) is 0 Å². The van der Waals surface area contributed by atoms with Crippen LogP contribution in [0.1, 0.15) is 40.5 Å². The van der Waals surface area contributed by atoms with Gasteiger partial charge in [0.05, 0.1) is 13.2 Å². The molecule has 1 aliphatic rings. The predicted molar refractivity (Wildman–Crippen MR) is 58.1 cm³/mol. The maximum absolute atomic E-state index is 5.68. The predicted octanol–water partition coefficient (Wildman–Crippen LogP) is 3.07. The topological polar surface area (TPSA) is 18.5 Å². The smallest absolute Gasteiger partial charge is 0.157 e. The highest BCUT2D eigenvalue weighted by molar-refractivity contribution is 4.65. The number of ether oxygens (including phenoxy) is 2. The molecule has 0 saturated carbocycles. The van der Waals surface area contributed by atoms with Gasteiger partial charge in [-0.05, 0) is 18.3 Å². The molecule has 0 atom stereocenters. The Hall–Kier alpha value is -0.0800. The van der Waals surface area contributed by atoms with Crippen LogP contribution in [0.5, 0.6) is 0 Å². The lowest BCUT2D eigenvalue weighted by Gasteiger charge is -2.31. The molecule has 1 heterocycles. The van der Waals surface area contributed by atoms with Gasteiger partial charge in [-0.25, -0.2) is 0 Å². The lowest BCUT2D eigenvalue weighted by molar-refractivity contribution is -0.208. The molecule has 0 N–H and O–H groups in total. The Balaban J connectivity index is 2.17. The van der Waals surface area contributed by atoms with E-state index in [0.717, 1.165) is 25.6 Å². The Morgan fingerprint density at radius 2 is 1.43 bits per heavy atom. The summed E-state index contributed by atoms with van der Waals surface area (Å²) in [6.45, 7) is 10.7. The van der Waals surface area contributed by atoms with E-state index in [1.807, 2.05) is 0 Å². The second kappa shape index (κ2) is 5.72. The van der Waals surface area contributed by atoms with Crippen LogP contribution in [0.3, 0.4) is 0 Å². The first-order chi connectivity index (χ1) is 6.58. The van der Waals surface area contributed by atoms with Crippen LogP contribution < -0.4 is 0 Å².